The summed E-state index contributed by atoms with van der Waals surface area (Å²) in [7, 11) is 0. The normalized spacial score (nSPS) is 20.2. The van der Waals surface area contributed by atoms with Crippen molar-refractivity contribution in [1.82, 2.24) is 10.2 Å². The Bertz CT molecular complexity index is 223. The topological polar surface area (TPSA) is 58.4 Å². The summed E-state index contributed by atoms with van der Waals surface area (Å²) in [6.45, 7) is 8.35. The van der Waals surface area contributed by atoms with Gasteiger partial charge in [-0.3, -0.25) is 4.79 Å². The van der Waals surface area contributed by atoms with Gasteiger partial charge in [0.2, 0.25) is 5.91 Å². The van der Waals surface area contributed by atoms with E-state index in [0.717, 1.165) is 25.4 Å². The van der Waals surface area contributed by atoms with Gasteiger partial charge in [0.1, 0.15) is 0 Å². The summed E-state index contributed by atoms with van der Waals surface area (Å²) in [5.41, 5.74) is 5.61. The summed E-state index contributed by atoms with van der Waals surface area (Å²) >= 11 is 0. The zero-order valence-corrected chi connectivity index (χ0v) is 11.2. The van der Waals surface area contributed by atoms with Gasteiger partial charge in [0.05, 0.1) is 0 Å². The van der Waals surface area contributed by atoms with E-state index in [4.69, 9.17) is 5.73 Å². The zero-order valence-electron chi connectivity index (χ0n) is 11.2. The standard InChI is InChI=1S/C13H27N3O/c1-11-5-8-16(9-6-11)10-7-15-13(17)4-3-12(2)14/h11-12H,3-10,14H2,1-2H3,(H,15,17). The maximum Gasteiger partial charge on any atom is 0.220 e. The molecule has 0 aliphatic carbocycles. The maximum absolute atomic E-state index is 11.5. The van der Waals surface area contributed by atoms with Crippen molar-refractivity contribution in [3.05, 3.63) is 0 Å². The number of nitrogens with two attached hydrogens (primary N) is 1. The molecule has 1 saturated heterocycles. The van der Waals surface area contributed by atoms with E-state index >= 15 is 0 Å². The number of amides is 1. The first-order chi connectivity index (χ1) is 8.08. The Balaban J connectivity index is 2.01. The number of carbonyl (C=O) groups excluding carboxylic acids is 1. The van der Waals surface area contributed by atoms with Crippen LogP contribution in [0.4, 0.5) is 0 Å². The molecule has 0 bridgehead atoms. The number of piperidine rings is 1. The molecule has 1 aliphatic rings. The molecule has 1 rings (SSSR count). The molecule has 0 radical (unpaired) electrons. The minimum absolute atomic E-state index is 0.115. The summed E-state index contributed by atoms with van der Waals surface area (Å²) < 4.78 is 0. The van der Waals surface area contributed by atoms with Crippen LogP contribution in [0, 0.1) is 5.92 Å². The minimum Gasteiger partial charge on any atom is -0.355 e. The van der Waals surface area contributed by atoms with Crippen LogP contribution in [-0.2, 0) is 4.79 Å². The molecule has 1 unspecified atom stereocenters. The fraction of sp³-hybridized carbons (Fsp3) is 0.923. The molecule has 1 aliphatic heterocycles. The molecule has 0 aromatic rings. The lowest BCUT2D eigenvalue weighted by atomic mass is 9.99. The van der Waals surface area contributed by atoms with E-state index in [1.54, 1.807) is 0 Å². The van der Waals surface area contributed by atoms with Gasteiger partial charge in [-0.15, -0.1) is 0 Å². The third kappa shape index (κ3) is 6.64. The number of nitrogens with one attached hydrogen (secondary N) is 1. The monoisotopic (exact) mass is 241 g/mol. The molecule has 1 atom stereocenters. The van der Waals surface area contributed by atoms with E-state index in [2.05, 4.69) is 17.1 Å². The number of likely N-dealkylation sites (tertiary alicyclic amines) is 1. The van der Waals surface area contributed by atoms with Crippen LogP contribution in [-0.4, -0.2) is 43.0 Å². The predicted octanol–water partition coefficient (Wildman–Crippen LogP) is 0.962. The largest absolute Gasteiger partial charge is 0.355 e. The van der Waals surface area contributed by atoms with E-state index in [-0.39, 0.29) is 11.9 Å². The Morgan fingerprint density at radius 1 is 1.47 bits per heavy atom. The summed E-state index contributed by atoms with van der Waals surface area (Å²) in [6.07, 6.45) is 3.90. The van der Waals surface area contributed by atoms with E-state index in [9.17, 15) is 4.79 Å². The second kappa shape index (κ2) is 7.67. The molecule has 17 heavy (non-hydrogen) atoms. The fourth-order valence-electron chi connectivity index (χ4n) is 2.09. The van der Waals surface area contributed by atoms with Gasteiger partial charge in [0.15, 0.2) is 0 Å². The molecule has 1 amide bonds. The fourth-order valence-corrected chi connectivity index (χ4v) is 2.09. The molecule has 100 valence electrons. The lowest BCUT2D eigenvalue weighted by Crippen LogP contribution is -2.39. The first kappa shape index (κ1) is 14.5. The quantitative estimate of drug-likeness (QED) is 0.728. The van der Waals surface area contributed by atoms with Gasteiger partial charge < -0.3 is 16.0 Å². The first-order valence-electron chi connectivity index (χ1n) is 6.82. The molecule has 0 spiro atoms. The number of nitrogens with zero attached hydrogens (tertiary/aromatic N) is 1. The van der Waals surface area contributed by atoms with Crippen molar-refractivity contribution in [2.24, 2.45) is 11.7 Å². The number of rotatable bonds is 6. The Kier molecular flexibility index (Phi) is 6.52. The number of hydrogen-bond acceptors (Lipinski definition) is 3. The smallest absolute Gasteiger partial charge is 0.220 e. The van der Waals surface area contributed by atoms with Crippen molar-refractivity contribution in [2.45, 2.75) is 45.6 Å². The Morgan fingerprint density at radius 3 is 2.71 bits per heavy atom. The third-order valence-electron chi connectivity index (χ3n) is 3.45. The van der Waals surface area contributed by atoms with Gasteiger partial charge in [0.25, 0.3) is 0 Å². The molecule has 4 nitrogen and oxygen atoms in total. The molecular formula is C13H27N3O. The van der Waals surface area contributed by atoms with Crippen LogP contribution >= 0.6 is 0 Å². The van der Waals surface area contributed by atoms with Gasteiger partial charge in [0, 0.05) is 25.6 Å². The van der Waals surface area contributed by atoms with Crippen LogP contribution in [0.5, 0.6) is 0 Å². The summed E-state index contributed by atoms with van der Waals surface area (Å²) in [6, 6.07) is 0.115. The average molecular weight is 241 g/mol. The highest BCUT2D eigenvalue weighted by molar-refractivity contribution is 5.75. The number of hydrogen-bond donors (Lipinski definition) is 2. The third-order valence-corrected chi connectivity index (χ3v) is 3.45. The SMILES string of the molecule is CC(N)CCC(=O)NCCN1CCC(C)CC1. The van der Waals surface area contributed by atoms with Crippen molar-refractivity contribution < 1.29 is 4.79 Å². The van der Waals surface area contributed by atoms with Crippen LogP contribution in [0.2, 0.25) is 0 Å². The maximum atomic E-state index is 11.5. The van der Waals surface area contributed by atoms with Gasteiger partial charge in [-0.2, -0.15) is 0 Å². The van der Waals surface area contributed by atoms with Crippen molar-refractivity contribution in [3.63, 3.8) is 0 Å². The Labute approximate surface area is 105 Å². The van der Waals surface area contributed by atoms with Crippen LogP contribution < -0.4 is 11.1 Å². The van der Waals surface area contributed by atoms with E-state index in [1.165, 1.54) is 25.9 Å². The molecule has 4 heteroatoms. The first-order valence-corrected chi connectivity index (χ1v) is 6.82. The molecule has 0 saturated carbocycles. The Morgan fingerprint density at radius 2 is 2.12 bits per heavy atom. The lowest BCUT2D eigenvalue weighted by Gasteiger charge is -2.30. The van der Waals surface area contributed by atoms with Gasteiger partial charge in [-0.25, -0.2) is 0 Å². The molecule has 0 aromatic carbocycles. The van der Waals surface area contributed by atoms with Crippen molar-refractivity contribution in [3.8, 4) is 0 Å². The molecular weight excluding hydrogens is 214 g/mol. The van der Waals surface area contributed by atoms with Crippen LogP contribution in [0.15, 0.2) is 0 Å². The summed E-state index contributed by atoms with van der Waals surface area (Å²) in [4.78, 5) is 13.9. The number of carbonyl (C=O) groups is 1. The molecule has 1 heterocycles. The van der Waals surface area contributed by atoms with Gasteiger partial charge in [-0.1, -0.05) is 6.92 Å². The van der Waals surface area contributed by atoms with Crippen LogP contribution in [0.1, 0.15) is 39.5 Å². The summed E-state index contributed by atoms with van der Waals surface area (Å²) in [5, 5.41) is 2.96. The van der Waals surface area contributed by atoms with Crippen molar-refractivity contribution >= 4 is 5.91 Å². The second-order valence-electron chi connectivity index (χ2n) is 5.39. The highest BCUT2D eigenvalue weighted by atomic mass is 16.1. The van der Waals surface area contributed by atoms with E-state index < -0.39 is 0 Å². The lowest BCUT2D eigenvalue weighted by molar-refractivity contribution is -0.121. The highest BCUT2D eigenvalue weighted by Crippen LogP contribution is 2.14. The van der Waals surface area contributed by atoms with Crippen molar-refractivity contribution in [2.75, 3.05) is 26.2 Å². The van der Waals surface area contributed by atoms with Crippen LogP contribution in [0.25, 0.3) is 0 Å². The average Bonchev–Trinajstić information content (AvgIpc) is 2.29. The molecule has 0 aromatic heterocycles. The zero-order chi connectivity index (χ0) is 12.7. The van der Waals surface area contributed by atoms with Gasteiger partial charge >= 0.3 is 0 Å². The minimum atomic E-state index is 0.115. The summed E-state index contributed by atoms with van der Waals surface area (Å²) in [5.74, 6) is 1.000. The van der Waals surface area contributed by atoms with E-state index in [0.29, 0.717) is 6.42 Å². The molecule has 1 fully saturated rings. The van der Waals surface area contributed by atoms with Crippen LogP contribution in [0.3, 0.4) is 0 Å². The Hall–Kier alpha value is -0.610. The van der Waals surface area contributed by atoms with Gasteiger partial charge in [-0.05, 0) is 45.2 Å². The second-order valence-corrected chi connectivity index (χ2v) is 5.39. The van der Waals surface area contributed by atoms with E-state index in [1.807, 2.05) is 6.92 Å². The predicted molar refractivity (Wildman–Crippen MR) is 70.7 cm³/mol. The van der Waals surface area contributed by atoms with Crippen molar-refractivity contribution in [1.29, 1.82) is 0 Å². The highest BCUT2D eigenvalue weighted by Gasteiger charge is 2.15. The molecule has 3 N–H and O–H groups in total.